The third-order valence-corrected chi connectivity index (χ3v) is 8.36. The Balaban J connectivity index is 1.86. The molecule has 2 saturated heterocycles. The molecule has 0 aromatic heterocycles. The van der Waals surface area contributed by atoms with E-state index in [-0.39, 0.29) is 11.1 Å². The van der Waals surface area contributed by atoms with Crippen molar-refractivity contribution in [3.8, 4) is 0 Å². The summed E-state index contributed by atoms with van der Waals surface area (Å²) in [7, 11) is 1.10. The quantitative estimate of drug-likeness (QED) is 0.183. The lowest BCUT2D eigenvalue weighted by molar-refractivity contribution is -0.358. The van der Waals surface area contributed by atoms with E-state index in [1.54, 1.807) is 0 Å². The first-order valence-corrected chi connectivity index (χ1v) is 17.5. The highest BCUT2D eigenvalue weighted by Gasteiger charge is 2.58. The number of hydrogen-bond acceptors (Lipinski definition) is 21. The molecule has 1 aromatic rings. The average molecular weight is 823 g/mol. The molecule has 316 valence electrons. The second kappa shape index (κ2) is 19.5. The topological polar surface area (TPSA) is 264 Å². The van der Waals surface area contributed by atoms with Gasteiger partial charge >= 0.3 is 41.8 Å². The zero-order valence-electron chi connectivity index (χ0n) is 32.6. The van der Waals surface area contributed by atoms with Gasteiger partial charge in [-0.25, -0.2) is 0 Å². The van der Waals surface area contributed by atoms with E-state index < -0.39 is 139 Å². The molecule has 4 rings (SSSR count). The van der Waals surface area contributed by atoms with Gasteiger partial charge in [-0.3, -0.25) is 43.2 Å². The number of fused-ring (bicyclic) bond motifs is 1. The van der Waals surface area contributed by atoms with E-state index in [0.717, 1.165) is 55.6 Å². The van der Waals surface area contributed by atoms with E-state index in [1.165, 1.54) is 24.3 Å². The molecular weight excluding hydrogens is 780 g/mol. The van der Waals surface area contributed by atoms with E-state index >= 15 is 0 Å². The third-order valence-electron chi connectivity index (χ3n) is 8.36. The standard InChI is InChI=1S/C37H42O21/c1-15(38)48-13-24-28(50-17(3)40)32(51-18(4)41)34(53-20(6)43)36(55-24)57-29-25(14-49-16(2)39)56-37(35(54-21(7)44)33(29)52-19(5)42)58-31-27(46)23-12-10-9-11-22(23)26(45)30(31)47-8/h9-12,24-25,28-29,32-37H,13-14H2,1-8H3/t24-,25-,28-,29-,32+,33+,34-,35-,36-,37+/m1/s1. The lowest BCUT2D eigenvalue weighted by Crippen LogP contribution is -2.67. The van der Waals surface area contributed by atoms with Gasteiger partial charge in [0.2, 0.25) is 35.5 Å². The summed E-state index contributed by atoms with van der Waals surface area (Å²) in [5.74, 6) is -9.28. The number of allylic oxidation sites excluding steroid dienone is 2. The zero-order valence-corrected chi connectivity index (χ0v) is 32.6. The van der Waals surface area contributed by atoms with Crippen LogP contribution >= 0.6 is 0 Å². The highest BCUT2D eigenvalue weighted by Crippen LogP contribution is 2.37. The SMILES string of the molecule is COC1=C(O[C@@H]2O[C@H](COC(C)=O)[C@@H](O[C@H]3O[C@H](COC(C)=O)[C@@H](OC(C)=O)[C@H](OC(C)=O)[C@H]3OC(C)=O)[C@H](OC(C)=O)[C@H]2OC(C)=O)C(=O)c2ccccc2C1=O. The summed E-state index contributed by atoms with van der Waals surface area (Å²) in [5, 5.41) is 0. The van der Waals surface area contributed by atoms with Crippen LogP contribution in [0.4, 0.5) is 0 Å². The second-order valence-corrected chi connectivity index (χ2v) is 12.8. The lowest BCUT2D eigenvalue weighted by Gasteiger charge is -2.48. The summed E-state index contributed by atoms with van der Waals surface area (Å²) >= 11 is 0. The molecule has 0 bridgehead atoms. The fourth-order valence-corrected chi connectivity index (χ4v) is 6.31. The van der Waals surface area contributed by atoms with Gasteiger partial charge < -0.3 is 56.8 Å². The van der Waals surface area contributed by atoms with Crippen LogP contribution in [0.1, 0.15) is 69.2 Å². The number of benzene rings is 1. The monoisotopic (exact) mass is 822 g/mol. The summed E-state index contributed by atoms with van der Waals surface area (Å²) in [6.07, 6.45) is -17.5. The van der Waals surface area contributed by atoms with Crippen LogP contribution in [0.15, 0.2) is 35.8 Å². The van der Waals surface area contributed by atoms with Crippen molar-refractivity contribution in [3.05, 3.63) is 46.9 Å². The van der Waals surface area contributed by atoms with E-state index in [2.05, 4.69) is 0 Å². The molecular formula is C37H42O21. The molecule has 0 amide bonds. The van der Waals surface area contributed by atoms with Crippen molar-refractivity contribution >= 4 is 53.4 Å². The first-order valence-electron chi connectivity index (χ1n) is 17.5. The summed E-state index contributed by atoms with van der Waals surface area (Å²) < 4.78 is 67.6. The van der Waals surface area contributed by atoms with Crippen LogP contribution in [0.2, 0.25) is 0 Å². The molecule has 0 unspecified atom stereocenters. The minimum Gasteiger partial charge on any atom is -0.489 e. The van der Waals surface area contributed by atoms with Crippen molar-refractivity contribution in [1.29, 1.82) is 0 Å². The van der Waals surface area contributed by atoms with Crippen LogP contribution in [0.25, 0.3) is 0 Å². The predicted molar refractivity (Wildman–Crippen MR) is 183 cm³/mol. The van der Waals surface area contributed by atoms with Gasteiger partial charge in [0.1, 0.15) is 31.5 Å². The van der Waals surface area contributed by atoms with E-state index in [1.807, 2.05) is 0 Å². The number of Topliss-reactive ketones (excluding diaryl/α,β-unsaturated/α-hetero) is 2. The molecule has 58 heavy (non-hydrogen) atoms. The number of hydrogen-bond donors (Lipinski definition) is 0. The Kier molecular flexibility index (Phi) is 15.0. The maximum Gasteiger partial charge on any atom is 0.303 e. The van der Waals surface area contributed by atoms with Gasteiger partial charge in [-0.2, -0.15) is 0 Å². The van der Waals surface area contributed by atoms with Crippen LogP contribution in [-0.4, -0.2) is 135 Å². The van der Waals surface area contributed by atoms with Crippen molar-refractivity contribution in [2.75, 3.05) is 20.3 Å². The molecule has 0 spiro atoms. The predicted octanol–water partition coefficient (Wildman–Crippen LogP) is 0.560. The van der Waals surface area contributed by atoms with Crippen LogP contribution < -0.4 is 0 Å². The average Bonchev–Trinajstić information content (AvgIpc) is 3.12. The molecule has 0 saturated carbocycles. The number of esters is 7. The summed E-state index contributed by atoms with van der Waals surface area (Å²) in [5.41, 5.74) is -0.0670. The second-order valence-electron chi connectivity index (χ2n) is 12.8. The third kappa shape index (κ3) is 10.9. The lowest BCUT2D eigenvalue weighted by atomic mass is 9.92. The molecule has 1 aromatic carbocycles. The van der Waals surface area contributed by atoms with E-state index in [9.17, 15) is 43.2 Å². The first-order chi connectivity index (χ1) is 27.3. The van der Waals surface area contributed by atoms with Crippen molar-refractivity contribution in [3.63, 3.8) is 0 Å². The Morgan fingerprint density at radius 3 is 1.33 bits per heavy atom. The molecule has 21 nitrogen and oxygen atoms in total. The minimum atomic E-state index is -1.94. The number of methoxy groups -OCH3 is 1. The minimum absolute atomic E-state index is 0.00149. The maximum atomic E-state index is 13.8. The first kappa shape index (κ1) is 44.8. The highest BCUT2D eigenvalue weighted by atomic mass is 16.8. The molecule has 0 N–H and O–H groups in total. The van der Waals surface area contributed by atoms with Crippen molar-refractivity contribution in [1.82, 2.24) is 0 Å². The van der Waals surface area contributed by atoms with Gasteiger partial charge in [0.05, 0.1) is 7.11 Å². The Morgan fingerprint density at radius 1 is 0.500 bits per heavy atom. The van der Waals surface area contributed by atoms with Crippen LogP contribution in [0, 0.1) is 0 Å². The van der Waals surface area contributed by atoms with Gasteiger partial charge in [0.15, 0.2) is 30.7 Å². The number of carbonyl (C=O) groups excluding carboxylic acids is 9. The fraction of sp³-hybridized carbons (Fsp3) is 0.541. The summed E-state index contributed by atoms with van der Waals surface area (Å²) in [4.78, 5) is 114. The molecule has 10 atom stereocenters. The van der Waals surface area contributed by atoms with Gasteiger partial charge in [0, 0.05) is 59.6 Å². The summed E-state index contributed by atoms with van der Waals surface area (Å²) in [6, 6.07) is 5.78. The van der Waals surface area contributed by atoms with Crippen LogP contribution in [-0.2, 0) is 90.4 Å². The van der Waals surface area contributed by atoms with Crippen molar-refractivity contribution < 1.29 is 100.0 Å². The van der Waals surface area contributed by atoms with E-state index in [0.29, 0.717) is 0 Å². The van der Waals surface area contributed by atoms with Gasteiger partial charge in [-0.05, 0) is 0 Å². The number of carbonyl (C=O) groups is 9. The molecule has 1 aliphatic carbocycles. The maximum absolute atomic E-state index is 13.8. The van der Waals surface area contributed by atoms with Gasteiger partial charge in [-0.1, -0.05) is 24.3 Å². The number of ketones is 2. The Morgan fingerprint density at radius 2 is 0.879 bits per heavy atom. The smallest absolute Gasteiger partial charge is 0.303 e. The molecule has 2 fully saturated rings. The van der Waals surface area contributed by atoms with E-state index in [4.69, 9.17) is 56.8 Å². The van der Waals surface area contributed by atoms with Crippen LogP contribution in [0.3, 0.4) is 0 Å². The van der Waals surface area contributed by atoms with Gasteiger partial charge in [-0.15, -0.1) is 0 Å². The molecule has 21 heteroatoms. The van der Waals surface area contributed by atoms with Crippen molar-refractivity contribution in [2.45, 2.75) is 110 Å². The Labute approximate surface area is 330 Å². The Bertz CT molecular complexity index is 1830. The number of rotatable bonds is 14. The largest absolute Gasteiger partial charge is 0.489 e. The molecule has 2 aliphatic heterocycles. The molecule has 2 heterocycles. The molecule has 0 radical (unpaired) electrons. The normalized spacial score (nSPS) is 27.9. The summed E-state index contributed by atoms with van der Waals surface area (Å²) in [6.45, 7) is 5.73. The fourth-order valence-electron chi connectivity index (χ4n) is 6.31. The van der Waals surface area contributed by atoms with Gasteiger partial charge in [0.25, 0.3) is 0 Å². The highest BCUT2D eigenvalue weighted by molar-refractivity contribution is 6.25. The van der Waals surface area contributed by atoms with Crippen LogP contribution in [0.5, 0.6) is 0 Å². The molecule has 3 aliphatic rings. The number of ether oxygens (including phenoxy) is 12. The Hall–Kier alpha value is -5.93. The van der Waals surface area contributed by atoms with Crippen molar-refractivity contribution in [2.24, 2.45) is 0 Å². The zero-order chi connectivity index (χ0) is 43.0.